The van der Waals surface area contributed by atoms with Crippen LogP contribution in [0.1, 0.15) is 58.0 Å². The molecule has 0 atom stereocenters. The fraction of sp³-hybridized carbons (Fsp3) is 0.195. The first-order valence-corrected chi connectivity index (χ1v) is 51.9. The zero-order chi connectivity index (χ0) is 101. The molecule has 148 heavy (non-hydrogen) atoms. The number of hydrogen-bond acceptors (Lipinski definition) is 29. The number of amides is 5. The van der Waals surface area contributed by atoms with Crippen molar-refractivity contribution in [2.24, 2.45) is 0 Å². The fourth-order valence-electron chi connectivity index (χ4n) is 18.1. The molecule has 20 heterocycles. The molecule has 35 heteroatoms. The van der Waals surface area contributed by atoms with Crippen molar-refractivity contribution in [2.75, 3.05) is 189 Å². The molecule has 14 aromatic heterocycles. The van der Waals surface area contributed by atoms with Crippen molar-refractivity contribution >= 4 is 141 Å². The van der Waals surface area contributed by atoms with Gasteiger partial charge in [-0.2, -0.15) is 0 Å². The van der Waals surface area contributed by atoms with Gasteiger partial charge in [0.1, 0.15) is 34.2 Å². The average molecular weight is 2020 g/mol. The third kappa shape index (κ3) is 24.7. The van der Waals surface area contributed by atoms with Crippen LogP contribution in [0.15, 0.2) is 322 Å². The number of nitrogens with one attached hydrogen (secondary N) is 11. The Morgan fingerprint density at radius 1 is 0.297 bits per heavy atom. The SMILES string of the molecule is O=C(Nc1cnccc1N1CCNCC1)c1cccc(-c2cc3ccccc3[nH]2)n1.O=C(Nc1cnccc1N1CCNCC1)c1cccc(-c2cc3ccccc3s2)n1.O=C(Nc1cnccc1N1CCNCC1)c1cccc(-c2ccc(-c3ccccc3)s2)n1.O=C(Nc1cnccc1N1CCNCC1)c1cccc(-c2ccc3c(c2)CCO3)n1.O=C(Nc1cnccc1N1CCNCC1)c1cccc(-c2cccs2)n1. The molecule has 0 radical (unpaired) electrons. The number of aromatic nitrogens is 11. The molecule has 5 amide bonds. The van der Waals surface area contributed by atoms with Gasteiger partial charge in [-0.15, -0.1) is 34.0 Å². The Kier molecular flexibility index (Phi) is 32.2. The summed E-state index contributed by atoms with van der Waals surface area (Å²) < 4.78 is 6.79. The topological polar surface area (TPSA) is 376 Å². The summed E-state index contributed by atoms with van der Waals surface area (Å²) in [5.41, 5.74) is 19.5. The highest BCUT2D eigenvalue weighted by Crippen LogP contribution is 2.39. The molecule has 0 aliphatic carbocycles. The summed E-state index contributed by atoms with van der Waals surface area (Å²) in [5.74, 6) is -0.265. The number of benzene rings is 4. The molecule has 11 N–H and O–H groups in total. The van der Waals surface area contributed by atoms with Crippen molar-refractivity contribution in [3.63, 3.8) is 0 Å². The number of pyridine rings is 10. The first-order chi connectivity index (χ1) is 72.9. The van der Waals surface area contributed by atoms with E-state index in [0.717, 1.165) is 243 Å². The monoisotopic (exact) mass is 2020 g/mol. The summed E-state index contributed by atoms with van der Waals surface area (Å²) in [7, 11) is 0. The van der Waals surface area contributed by atoms with Gasteiger partial charge in [0.2, 0.25) is 0 Å². The van der Waals surface area contributed by atoms with E-state index >= 15 is 0 Å². The molecule has 744 valence electrons. The number of thiophene rings is 3. The minimum absolute atomic E-state index is 0.229. The Labute approximate surface area is 867 Å². The van der Waals surface area contributed by atoms with Crippen LogP contribution in [0.3, 0.4) is 0 Å². The maximum absolute atomic E-state index is 13.0. The Morgan fingerprint density at radius 3 is 1.09 bits per heavy atom. The normalized spacial score (nSPS) is 14.3. The Morgan fingerprint density at radius 2 is 0.669 bits per heavy atom. The van der Waals surface area contributed by atoms with Crippen molar-refractivity contribution in [1.29, 1.82) is 0 Å². The minimum atomic E-state index is -0.252. The third-order valence-electron chi connectivity index (χ3n) is 25.6. The van der Waals surface area contributed by atoms with Gasteiger partial charge in [0.05, 0.1) is 143 Å². The molecule has 24 rings (SSSR count). The summed E-state index contributed by atoms with van der Waals surface area (Å²) in [4.78, 5) is 128. The van der Waals surface area contributed by atoms with Crippen LogP contribution in [0.4, 0.5) is 56.9 Å². The molecular weight excluding hydrogens is 1910 g/mol. The molecule has 5 saturated heterocycles. The van der Waals surface area contributed by atoms with Gasteiger partial charge in [-0.25, -0.2) is 24.9 Å². The summed E-state index contributed by atoms with van der Waals surface area (Å²) in [6, 6.07) is 82.2. The first-order valence-electron chi connectivity index (χ1n) is 49.4. The number of fused-ring (bicyclic) bond motifs is 3. The molecule has 0 bridgehead atoms. The number of para-hydroxylation sites is 1. The van der Waals surface area contributed by atoms with Crippen molar-refractivity contribution in [3.05, 3.63) is 356 Å². The molecule has 0 saturated carbocycles. The van der Waals surface area contributed by atoms with Crippen LogP contribution in [0.2, 0.25) is 0 Å². The number of hydrogen-bond donors (Lipinski definition) is 11. The van der Waals surface area contributed by atoms with Gasteiger partial charge in [-0.1, -0.05) is 103 Å². The molecule has 4 aromatic carbocycles. The van der Waals surface area contributed by atoms with E-state index in [1.807, 2.05) is 181 Å². The fourth-order valence-corrected chi connectivity index (χ4v) is 20.8. The number of rotatable bonds is 21. The van der Waals surface area contributed by atoms with E-state index in [-0.39, 0.29) is 29.5 Å². The van der Waals surface area contributed by atoms with Crippen LogP contribution in [-0.4, -0.2) is 222 Å². The Bertz CT molecular complexity index is 7400. The van der Waals surface area contributed by atoms with Crippen molar-refractivity contribution in [2.45, 2.75) is 6.42 Å². The van der Waals surface area contributed by atoms with E-state index in [0.29, 0.717) is 56.9 Å². The van der Waals surface area contributed by atoms with Gasteiger partial charge >= 0.3 is 0 Å². The van der Waals surface area contributed by atoms with Crippen LogP contribution in [-0.2, 0) is 6.42 Å². The number of nitrogens with zero attached hydrogens (tertiary/aromatic N) is 15. The van der Waals surface area contributed by atoms with Crippen LogP contribution in [0.25, 0.3) is 85.8 Å². The van der Waals surface area contributed by atoms with E-state index in [4.69, 9.17) is 4.74 Å². The smallest absolute Gasteiger partial charge is 0.274 e. The molecule has 32 nitrogen and oxygen atoms in total. The van der Waals surface area contributed by atoms with Gasteiger partial charge < -0.3 is 87.4 Å². The van der Waals surface area contributed by atoms with Crippen molar-refractivity contribution in [1.82, 2.24) is 81.4 Å². The van der Waals surface area contributed by atoms with Gasteiger partial charge in [-0.3, -0.25) is 48.9 Å². The lowest BCUT2D eigenvalue weighted by Crippen LogP contribution is -2.43. The minimum Gasteiger partial charge on any atom is -0.493 e. The van der Waals surface area contributed by atoms with Crippen LogP contribution >= 0.6 is 34.0 Å². The van der Waals surface area contributed by atoms with E-state index in [9.17, 15) is 24.0 Å². The number of aromatic amines is 1. The summed E-state index contributed by atoms with van der Waals surface area (Å²) in [6.45, 7) is 18.9. The van der Waals surface area contributed by atoms with E-state index < -0.39 is 0 Å². The number of ether oxygens (including phenoxy) is 1. The maximum atomic E-state index is 13.0. The first kappa shape index (κ1) is 98.6. The summed E-state index contributed by atoms with van der Waals surface area (Å²) in [5, 5.41) is 36.0. The summed E-state index contributed by atoms with van der Waals surface area (Å²) >= 11 is 4.95. The molecular formula is C113H108N26O6S3. The zero-order valence-corrected chi connectivity index (χ0v) is 83.5. The molecule has 0 unspecified atom stereocenters. The van der Waals surface area contributed by atoms with Crippen molar-refractivity contribution in [3.8, 4) is 70.5 Å². The van der Waals surface area contributed by atoms with Crippen molar-refractivity contribution < 1.29 is 28.7 Å². The molecule has 6 aliphatic heterocycles. The number of carbonyl (C=O) groups excluding carboxylic acids is 5. The summed E-state index contributed by atoms with van der Waals surface area (Å²) in [6.07, 6.45) is 18.2. The van der Waals surface area contributed by atoms with E-state index in [1.54, 1.807) is 126 Å². The predicted molar refractivity (Wildman–Crippen MR) is 592 cm³/mol. The van der Waals surface area contributed by atoms with Gasteiger partial charge in [0.25, 0.3) is 29.5 Å². The molecule has 6 aliphatic rings. The second kappa shape index (κ2) is 48.3. The Hall–Kier alpha value is -16.8. The van der Waals surface area contributed by atoms with Crippen LogP contribution < -0.4 is 82.4 Å². The lowest BCUT2D eigenvalue weighted by atomic mass is 10.1. The standard InChI is InChI=1S/C25H23N5OS.C23H22N6O.C23H23N5O2.C23H21N5OS.C19H19N5OS/c31-25(29-21-17-27-12-11-22(21)30-15-13-26-14-16-30)20-8-4-7-19(28-20)24-10-9-23(32-24)18-5-2-1-3-6-18;30-23(28-21-15-25-9-8-22(21)29-12-10-24-11-13-29)19-7-3-6-18(27-19)20-14-16-4-1-2-5-17(16)26-20;29-23(27-20-15-25-8-6-21(20)28-11-9-24-10-12-28)19-3-1-2-18(26-19)16-4-5-22-17(14-16)7-13-30-22;29-23(27-19-15-25-9-8-20(19)28-12-10-24-11-13-28)18-6-3-5-17(26-18)22-14-16-4-1-2-7-21(16)30-22;25-19(15-4-1-3-14(22-15)18-5-2-12-26-18)23-16-13-21-7-6-17(16)24-10-8-20-9-11-24/h1-12,17,26H,13-16H2,(H,29,31);1-9,14-15,24,26H,10-13H2,(H,28,30);1-6,8,14-15,24H,7,9-13H2,(H,27,29);1-9,14-15,24H,10-13H2,(H,27,29);1-7,12-13,20H,8-11H2,(H,23,25). The molecule has 5 fully saturated rings. The van der Waals surface area contributed by atoms with Crippen LogP contribution in [0, 0.1) is 0 Å². The van der Waals surface area contributed by atoms with Crippen LogP contribution in [0.5, 0.6) is 5.75 Å². The van der Waals surface area contributed by atoms with Gasteiger partial charge in [0.15, 0.2) is 0 Å². The number of H-pyrrole nitrogens is 1. The highest BCUT2D eigenvalue weighted by atomic mass is 32.1. The number of piperazine rings is 5. The number of carbonyl (C=O) groups is 5. The Balaban J connectivity index is 0.000000112. The second-order valence-electron chi connectivity index (χ2n) is 35.3. The molecule has 18 aromatic rings. The average Bonchev–Trinajstić information content (AvgIpc) is 1.68. The quantitative estimate of drug-likeness (QED) is 0.0318. The number of anilines is 10. The van der Waals surface area contributed by atoms with E-state index in [1.165, 1.54) is 26.1 Å². The highest BCUT2D eigenvalue weighted by Gasteiger charge is 2.27. The van der Waals surface area contributed by atoms with E-state index in [2.05, 4.69) is 181 Å². The maximum Gasteiger partial charge on any atom is 0.274 e. The lowest BCUT2D eigenvalue weighted by molar-refractivity contribution is 0.101. The second-order valence-corrected chi connectivity index (χ2v) is 38.4. The largest absolute Gasteiger partial charge is 0.493 e. The third-order valence-corrected chi connectivity index (χ3v) is 28.8. The van der Waals surface area contributed by atoms with Gasteiger partial charge in [-0.05, 0) is 174 Å². The molecule has 0 spiro atoms. The lowest BCUT2D eigenvalue weighted by Gasteiger charge is -2.30. The highest BCUT2D eigenvalue weighted by molar-refractivity contribution is 7.22. The zero-order valence-electron chi connectivity index (χ0n) is 81.0. The predicted octanol–water partition coefficient (Wildman–Crippen LogP) is 17.4. The van der Waals surface area contributed by atoms with Gasteiger partial charge in [0, 0.05) is 194 Å².